The molecule has 1 heterocycles. The lowest BCUT2D eigenvalue weighted by Crippen LogP contribution is -2.16. The molecule has 0 radical (unpaired) electrons. The van der Waals surface area contributed by atoms with E-state index in [1.807, 2.05) is 31.2 Å². The van der Waals surface area contributed by atoms with E-state index in [0.29, 0.717) is 22.9 Å². The van der Waals surface area contributed by atoms with Gasteiger partial charge in [-0.25, -0.2) is 9.48 Å². The maximum absolute atomic E-state index is 12.4. The van der Waals surface area contributed by atoms with Gasteiger partial charge in [-0.3, -0.25) is 4.79 Å². The second-order valence-corrected chi connectivity index (χ2v) is 6.26. The predicted molar refractivity (Wildman–Crippen MR) is 98.9 cm³/mol. The van der Waals surface area contributed by atoms with Crippen LogP contribution in [0, 0.1) is 6.92 Å². The number of rotatable bonds is 5. The zero-order valence-electron chi connectivity index (χ0n) is 13.9. The fraction of sp³-hybridized carbons (Fsp3) is 0.105. The van der Waals surface area contributed by atoms with Gasteiger partial charge in [0.05, 0.1) is 6.54 Å². The summed E-state index contributed by atoms with van der Waals surface area (Å²) in [4.78, 5) is 23.7. The molecule has 6 nitrogen and oxygen atoms in total. The van der Waals surface area contributed by atoms with Gasteiger partial charge in [0, 0.05) is 16.7 Å². The van der Waals surface area contributed by atoms with E-state index in [4.69, 9.17) is 11.6 Å². The number of aromatic nitrogens is 2. The van der Waals surface area contributed by atoms with Crippen LogP contribution in [-0.2, 0) is 6.54 Å². The molecule has 3 aromatic rings. The number of aryl methyl sites for hydroxylation is 1. The number of carboxylic acid groups (broad SMARTS) is 1. The van der Waals surface area contributed by atoms with Crippen molar-refractivity contribution < 1.29 is 14.7 Å². The van der Waals surface area contributed by atoms with Crippen molar-refractivity contribution in [1.29, 1.82) is 0 Å². The number of carboxylic acids is 1. The Morgan fingerprint density at radius 3 is 2.38 bits per heavy atom. The highest BCUT2D eigenvalue weighted by atomic mass is 35.5. The second kappa shape index (κ2) is 7.41. The number of carbonyl (C=O) groups is 2. The smallest absolute Gasteiger partial charge is 0.356 e. The van der Waals surface area contributed by atoms with Gasteiger partial charge in [-0.1, -0.05) is 41.4 Å². The number of amides is 1. The van der Waals surface area contributed by atoms with Gasteiger partial charge < -0.3 is 10.4 Å². The third-order valence-electron chi connectivity index (χ3n) is 3.80. The summed E-state index contributed by atoms with van der Waals surface area (Å²) in [5.74, 6) is -1.19. The second-order valence-electron chi connectivity index (χ2n) is 5.82. The van der Waals surface area contributed by atoms with Gasteiger partial charge in [0.15, 0.2) is 5.69 Å². The van der Waals surface area contributed by atoms with Crippen LogP contribution in [0.15, 0.2) is 54.6 Å². The minimum atomic E-state index is -1.16. The summed E-state index contributed by atoms with van der Waals surface area (Å²) in [6.45, 7) is 2.23. The third-order valence-corrected chi connectivity index (χ3v) is 4.05. The topological polar surface area (TPSA) is 84.2 Å². The Kier molecular flexibility index (Phi) is 5.04. The molecule has 0 aliphatic rings. The monoisotopic (exact) mass is 369 g/mol. The van der Waals surface area contributed by atoms with Crippen LogP contribution in [0.2, 0.25) is 5.02 Å². The number of aromatic carboxylic acids is 1. The van der Waals surface area contributed by atoms with Gasteiger partial charge in [-0.2, -0.15) is 5.10 Å². The van der Waals surface area contributed by atoms with Crippen LogP contribution in [-0.4, -0.2) is 26.8 Å². The van der Waals surface area contributed by atoms with Crippen molar-refractivity contribution in [3.05, 3.63) is 82.0 Å². The number of hydrogen-bond acceptors (Lipinski definition) is 3. The van der Waals surface area contributed by atoms with Crippen molar-refractivity contribution in [1.82, 2.24) is 9.78 Å². The Bertz CT molecular complexity index is 947. The van der Waals surface area contributed by atoms with E-state index in [1.54, 1.807) is 24.3 Å². The molecular formula is C19H16ClN3O3. The molecule has 3 rings (SSSR count). The first-order valence-electron chi connectivity index (χ1n) is 7.86. The van der Waals surface area contributed by atoms with Crippen molar-refractivity contribution in [3.63, 3.8) is 0 Å². The highest BCUT2D eigenvalue weighted by molar-refractivity contribution is 6.30. The van der Waals surface area contributed by atoms with Crippen molar-refractivity contribution in [2.45, 2.75) is 13.5 Å². The zero-order chi connectivity index (χ0) is 18.7. The van der Waals surface area contributed by atoms with Crippen molar-refractivity contribution in [2.75, 3.05) is 5.32 Å². The van der Waals surface area contributed by atoms with Crippen LogP contribution in [0.3, 0.4) is 0 Å². The molecule has 0 aliphatic heterocycles. The number of anilines is 1. The summed E-state index contributed by atoms with van der Waals surface area (Å²) < 4.78 is 1.44. The molecule has 132 valence electrons. The fourth-order valence-corrected chi connectivity index (χ4v) is 2.52. The van der Waals surface area contributed by atoms with Gasteiger partial charge in [0.2, 0.25) is 0 Å². The van der Waals surface area contributed by atoms with Crippen molar-refractivity contribution in [2.24, 2.45) is 0 Å². The Hall–Kier alpha value is -3.12. The molecule has 0 spiro atoms. The molecule has 0 saturated carbocycles. The average Bonchev–Trinajstić information content (AvgIpc) is 3.00. The molecule has 7 heteroatoms. The minimum absolute atomic E-state index is 0.141. The SMILES string of the molecule is Cc1ccc(C(=O)Nc2cc(C(=O)O)nn2Cc2ccc(Cl)cc2)cc1. The van der Waals surface area contributed by atoms with Gasteiger partial charge >= 0.3 is 5.97 Å². The minimum Gasteiger partial charge on any atom is -0.476 e. The highest BCUT2D eigenvalue weighted by Gasteiger charge is 2.16. The number of nitrogens with one attached hydrogen (secondary N) is 1. The standard InChI is InChI=1S/C19H16ClN3O3/c1-12-2-6-14(7-3-12)18(24)21-17-10-16(19(25)26)22-23(17)11-13-4-8-15(20)9-5-13/h2-10H,11H2,1H3,(H,21,24)(H,25,26). The summed E-state index contributed by atoms with van der Waals surface area (Å²) >= 11 is 5.88. The molecule has 26 heavy (non-hydrogen) atoms. The van der Waals surface area contributed by atoms with Crippen LogP contribution >= 0.6 is 11.6 Å². The highest BCUT2D eigenvalue weighted by Crippen LogP contribution is 2.17. The predicted octanol–water partition coefficient (Wildman–Crippen LogP) is 3.84. The summed E-state index contributed by atoms with van der Waals surface area (Å²) in [5.41, 5.74) is 2.26. The van der Waals surface area contributed by atoms with E-state index in [1.165, 1.54) is 10.7 Å². The van der Waals surface area contributed by atoms with E-state index in [2.05, 4.69) is 10.4 Å². The lowest BCUT2D eigenvalue weighted by atomic mass is 10.1. The molecule has 0 saturated heterocycles. The van der Waals surface area contributed by atoms with Gasteiger partial charge in [-0.15, -0.1) is 0 Å². The largest absolute Gasteiger partial charge is 0.476 e. The fourth-order valence-electron chi connectivity index (χ4n) is 2.40. The third kappa shape index (κ3) is 4.10. The Morgan fingerprint density at radius 2 is 1.77 bits per heavy atom. The summed E-state index contributed by atoms with van der Waals surface area (Å²) in [6.07, 6.45) is 0. The number of benzene rings is 2. The van der Waals surface area contributed by atoms with E-state index in [-0.39, 0.29) is 11.6 Å². The van der Waals surface area contributed by atoms with E-state index >= 15 is 0 Å². The van der Waals surface area contributed by atoms with Crippen molar-refractivity contribution >= 4 is 29.3 Å². The summed E-state index contributed by atoms with van der Waals surface area (Å²) in [6, 6.07) is 15.5. The van der Waals surface area contributed by atoms with Crippen LogP contribution in [0.4, 0.5) is 5.82 Å². The number of halogens is 1. The Balaban J connectivity index is 1.87. The van der Waals surface area contributed by atoms with Crippen LogP contribution in [0.5, 0.6) is 0 Å². The molecule has 0 aliphatic carbocycles. The molecule has 2 aromatic carbocycles. The van der Waals surface area contributed by atoms with Crippen LogP contribution < -0.4 is 5.32 Å². The molecule has 1 aromatic heterocycles. The quantitative estimate of drug-likeness (QED) is 0.715. The van der Waals surface area contributed by atoms with E-state index < -0.39 is 5.97 Å². The van der Waals surface area contributed by atoms with Gasteiger partial charge in [0.1, 0.15) is 5.82 Å². The zero-order valence-corrected chi connectivity index (χ0v) is 14.7. The van der Waals surface area contributed by atoms with Gasteiger partial charge in [0.25, 0.3) is 5.91 Å². The number of nitrogens with zero attached hydrogens (tertiary/aromatic N) is 2. The van der Waals surface area contributed by atoms with Gasteiger partial charge in [-0.05, 0) is 36.8 Å². The Morgan fingerprint density at radius 1 is 1.12 bits per heavy atom. The molecule has 0 bridgehead atoms. The first-order chi connectivity index (χ1) is 12.4. The first kappa shape index (κ1) is 17.7. The molecule has 0 unspecified atom stereocenters. The van der Waals surface area contributed by atoms with Crippen LogP contribution in [0.1, 0.15) is 32.0 Å². The lowest BCUT2D eigenvalue weighted by Gasteiger charge is -2.09. The lowest BCUT2D eigenvalue weighted by molar-refractivity contribution is 0.0689. The molecule has 0 fully saturated rings. The number of carbonyl (C=O) groups excluding carboxylic acids is 1. The number of hydrogen-bond donors (Lipinski definition) is 2. The normalized spacial score (nSPS) is 10.5. The van der Waals surface area contributed by atoms with Crippen LogP contribution in [0.25, 0.3) is 0 Å². The Labute approximate surface area is 155 Å². The van der Waals surface area contributed by atoms with E-state index in [0.717, 1.165) is 11.1 Å². The van der Waals surface area contributed by atoms with Crippen molar-refractivity contribution in [3.8, 4) is 0 Å². The maximum Gasteiger partial charge on any atom is 0.356 e. The van der Waals surface area contributed by atoms with E-state index in [9.17, 15) is 14.7 Å². The molecular weight excluding hydrogens is 354 g/mol. The summed E-state index contributed by atoms with van der Waals surface area (Å²) in [5, 5.41) is 16.6. The summed E-state index contributed by atoms with van der Waals surface area (Å²) in [7, 11) is 0. The maximum atomic E-state index is 12.4. The molecule has 0 atom stereocenters. The molecule has 1 amide bonds. The molecule has 2 N–H and O–H groups in total. The first-order valence-corrected chi connectivity index (χ1v) is 8.24. The average molecular weight is 370 g/mol.